The molecule has 1 aromatic heterocycles. The van der Waals surface area contributed by atoms with Crippen molar-refractivity contribution in [3.63, 3.8) is 0 Å². The summed E-state index contributed by atoms with van der Waals surface area (Å²) in [5.74, 6) is 1.84. The van der Waals surface area contributed by atoms with E-state index in [2.05, 4.69) is 5.32 Å². The van der Waals surface area contributed by atoms with Gasteiger partial charge in [0.25, 0.3) is 0 Å². The average molecular weight is 347 g/mol. The molecule has 2 aromatic rings. The Kier molecular flexibility index (Phi) is 4.74. The summed E-state index contributed by atoms with van der Waals surface area (Å²) in [4.78, 5) is 0. The van der Waals surface area contributed by atoms with Crippen molar-refractivity contribution in [3.05, 3.63) is 54.0 Å². The zero-order chi connectivity index (χ0) is 17.2. The lowest BCUT2D eigenvalue weighted by molar-refractivity contribution is -0.194. The van der Waals surface area contributed by atoms with Crippen LogP contribution in [-0.2, 0) is 22.6 Å². The van der Waals surface area contributed by atoms with Gasteiger partial charge in [0, 0.05) is 0 Å². The maximum Gasteiger partial charge on any atom is 0.197 e. The monoisotopic (exact) mass is 347 g/mol. The Hall–Kier alpha value is -1.90. The van der Waals surface area contributed by atoms with E-state index in [1.54, 1.807) is 12.1 Å². The Morgan fingerprint density at radius 2 is 1.92 bits per heavy atom. The molecule has 2 aliphatic rings. The molecule has 0 spiro atoms. The van der Waals surface area contributed by atoms with Crippen LogP contribution in [0, 0.1) is 0 Å². The van der Waals surface area contributed by atoms with Gasteiger partial charge in [-0.1, -0.05) is 18.2 Å². The second-order valence-corrected chi connectivity index (χ2v) is 6.20. The molecular formula is C18H21NO6. The normalized spacial score (nSPS) is 31.2. The van der Waals surface area contributed by atoms with Gasteiger partial charge in [-0.3, -0.25) is 0 Å². The molecule has 7 heteroatoms. The molecule has 3 heterocycles. The highest BCUT2D eigenvalue weighted by atomic mass is 16.7. The molecule has 2 saturated heterocycles. The zero-order valence-corrected chi connectivity index (χ0v) is 13.6. The van der Waals surface area contributed by atoms with E-state index in [-0.39, 0.29) is 18.8 Å². The fraction of sp³-hybridized carbons (Fsp3) is 0.444. The number of ether oxygens (including phenoxy) is 3. The average Bonchev–Trinajstić information content (AvgIpc) is 3.28. The van der Waals surface area contributed by atoms with E-state index >= 15 is 0 Å². The number of para-hydroxylation sites is 1. The molecule has 3 N–H and O–H groups in total. The van der Waals surface area contributed by atoms with Crippen molar-refractivity contribution in [2.45, 2.75) is 43.8 Å². The molecule has 0 saturated carbocycles. The highest BCUT2D eigenvalue weighted by molar-refractivity contribution is 5.22. The van der Waals surface area contributed by atoms with Gasteiger partial charge in [-0.15, -0.1) is 0 Å². The molecule has 2 aliphatic heterocycles. The Balaban J connectivity index is 1.44. The topological polar surface area (TPSA) is 93.3 Å². The first-order valence-corrected chi connectivity index (χ1v) is 8.33. The second kappa shape index (κ2) is 7.15. The third-order valence-corrected chi connectivity index (χ3v) is 4.51. The number of fused-ring (bicyclic) bond motifs is 2. The van der Waals surface area contributed by atoms with Crippen LogP contribution in [0.5, 0.6) is 5.75 Å². The van der Waals surface area contributed by atoms with Crippen LogP contribution in [0.15, 0.2) is 46.9 Å². The van der Waals surface area contributed by atoms with E-state index in [4.69, 9.17) is 23.7 Å². The van der Waals surface area contributed by atoms with Crippen LogP contribution < -0.4 is 10.1 Å². The van der Waals surface area contributed by atoms with Crippen LogP contribution in [0.25, 0.3) is 0 Å². The zero-order valence-electron chi connectivity index (χ0n) is 13.6. The van der Waals surface area contributed by atoms with Crippen molar-refractivity contribution in [1.82, 2.24) is 5.32 Å². The van der Waals surface area contributed by atoms with Crippen LogP contribution >= 0.6 is 0 Å². The summed E-state index contributed by atoms with van der Waals surface area (Å²) in [5, 5.41) is 23.1. The van der Waals surface area contributed by atoms with Gasteiger partial charge in [0.1, 0.15) is 36.1 Å². The molecule has 0 aliphatic carbocycles. The van der Waals surface area contributed by atoms with Gasteiger partial charge in [-0.25, -0.2) is 0 Å². The summed E-state index contributed by atoms with van der Waals surface area (Å²) in [6, 6.07) is 12.5. The summed E-state index contributed by atoms with van der Waals surface area (Å²) in [7, 11) is 0. The van der Waals surface area contributed by atoms with Gasteiger partial charge in [0.05, 0.1) is 19.2 Å². The number of aliphatic hydroxyl groups excluding tert-OH is 2. The van der Waals surface area contributed by atoms with Crippen molar-refractivity contribution in [2.24, 2.45) is 0 Å². The van der Waals surface area contributed by atoms with E-state index in [1.165, 1.54) is 0 Å². The molecule has 2 bridgehead atoms. The highest BCUT2D eigenvalue weighted by Crippen LogP contribution is 2.31. The minimum atomic E-state index is -0.793. The molecule has 25 heavy (non-hydrogen) atoms. The SMILES string of the molecule is OCc1ccc(CN[C@H]2[C@H](O)[C@H](Oc3ccccc3)[C@@H]3OC[C@@H]2O3)o1. The molecule has 0 unspecified atom stereocenters. The van der Waals surface area contributed by atoms with E-state index in [9.17, 15) is 5.11 Å². The van der Waals surface area contributed by atoms with Gasteiger partial charge in [0.2, 0.25) is 0 Å². The number of furan rings is 1. The summed E-state index contributed by atoms with van der Waals surface area (Å²) in [5.41, 5.74) is 0. The second-order valence-electron chi connectivity index (χ2n) is 6.20. The molecule has 0 radical (unpaired) electrons. The van der Waals surface area contributed by atoms with Crippen LogP contribution in [-0.4, -0.2) is 47.5 Å². The fourth-order valence-corrected chi connectivity index (χ4v) is 3.24. The summed E-state index contributed by atoms with van der Waals surface area (Å²) < 4.78 is 22.8. The lowest BCUT2D eigenvalue weighted by Gasteiger charge is -2.38. The fourth-order valence-electron chi connectivity index (χ4n) is 3.24. The molecule has 1 aromatic carbocycles. The van der Waals surface area contributed by atoms with Crippen LogP contribution in [0.4, 0.5) is 0 Å². The third kappa shape index (κ3) is 3.42. The maximum absolute atomic E-state index is 10.8. The van der Waals surface area contributed by atoms with E-state index in [0.29, 0.717) is 30.4 Å². The summed E-state index contributed by atoms with van der Waals surface area (Å²) in [6.07, 6.45) is -2.24. The van der Waals surface area contributed by atoms with Gasteiger partial charge < -0.3 is 34.2 Å². The van der Waals surface area contributed by atoms with E-state index in [0.717, 1.165) is 0 Å². The van der Waals surface area contributed by atoms with Gasteiger partial charge in [0.15, 0.2) is 12.4 Å². The third-order valence-electron chi connectivity index (χ3n) is 4.51. The number of hydrogen-bond donors (Lipinski definition) is 3. The van der Waals surface area contributed by atoms with Crippen molar-refractivity contribution in [3.8, 4) is 5.75 Å². The van der Waals surface area contributed by atoms with Crippen molar-refractivity contribution in [2.75, 3.05) is 6.61 Å². The van der Waals surface area contributed by atoms with E-state index < -0.39 is 18.5 Å². The number of rotatable bonds is 6. The molecular weight excluding hydrogens is 326 g/mol. The first-order chi connectivity index (χ1) is 12.2. The number of hydrogen-bond acceptors (Lipinski definition) is 7. The minimum Gasteiger partial charge on any atom is -0.482 e. The first kappa shape index (κ1) is 16.6. The number of nitrogens with one attached hydrogen (secondary N) is 1. The summed E-state index contributed by atoms with van der Waals surface area (Å²) >= 11 is 0. The predicted octanol–water partition coefficient (Wildman–Crippen LogP) is 0.794. The Bertz CT molecular complexity index is 690. The largest absolute Gasteiger partial charge is 0.482 e. The van der Waals surface area contributed by atoms with E-state index in [1.807, 2.05) is 30.3 Å². The van der Waals surface area contributed by atoms with Crippen molar-refractivity contribution in [1.29, 1.82) is 0 Å². The quantitative estimate of drug-likeness (QED) is 0.711. The van der Waals surface area contributed by atoms with Crippen molar-refractivity contribution < 1.29 is 28.8 Å². The highest BCUT2D eigenvalue weighted by Gasteiger charge is 2.51. The van der Waals surface area contributed by atoms with Gasteiger partial charge in [-0.2, -0.15) is 0 Å². The first-order valence-electron chi connectivity index (χ1n) is 8.33. The van der Waals surface area contributed by atoms with Crippen molar-refractivity contribution >= 4 is 0 Å². The molecule has 5 atom stereocenters. The Morgan fingerprint density at radius 1 is 1.12 bits per heavy atom. The Morgan fingerprint density at radius 3 is 2.68 bits per heavy atom. The lowest BCUT2D eigenvalue weighted by atomic mass is 9.97. The Labute approximate surface area is 145 Å². The standard InChI is InChI=1S/C18H21NO6/c20-9-13-7-6-12(23-13)8-19-15-14-10-22-18(25-14)17(16(15)21)24-11-4-2-1-3-5-11/h1-7,14-21H,8-10H2/t14-,15+,16-,17-,18+/m0/s1. The summed E-state index contributed by atoms with van der Waals surface area (Å²) in [6.45, 7) is 0.665. The predicted molar refractivity (Wildman–Crippen MR) is 86.7 cm³/mol. The lowest BCUT2D eigenvalue weighted by Crippen LogP contribution is -2.61. The molecule has 4 rings (SSSR count). The minimum absolute atomic E-state index is 0.139. The maximum atomic E-state index is 10.8. The van der Waals surface area contributed by atoms with Gasteiger partial charge >= 0.3 is 0 Å². The number of benzene rings is 1. The molecule has 0 amide bonds. The van der Waals surface area contributed by atoms with Crippen LogP contribution in [0.2, 0.25) is 0 Å². The smallest absolute Gasteiger partial charge is 0.197 e. The van der Waals surface area contributed by atoms with Crippen LogP contribution in [0.3, 0.4) is 0 Å². The molecule has 134 valence electrons. The number of aliphatic hydroxyl groups is 2. The molecule has 7 nitrogen and oxygen atoms in total. The molecule has 2 fully saturated rings. The van der Waals surface area contributed by atoms with Gasteiger partial charge in [-0.05, 0) is 24.3 Å². The van der Waals surface area contributed by atoms with Crippen LogP contribution in [0.1, 0.15) is 11.5 Å².